The molecule has 0 saturated carbocycles. The Morgan fingerprint density at radius 2 is 1.78 bits per heavy atom. The van der Waals surface area contributed by atoms with Gasteiger partial charge in [-0.2, -0.15) is 0 Å². The number of aromatic nitrogens is 1. The van der Waals surface area contributed by atoms with Crippen molar-refractivity contribution >= 4 is 28.2 Å². The molecule has 4 aromatic rings. The third-order valence-corrected chi connectivity index (χ3v) is 6.06. The Hall–Kier alpha value is -4.04. The maximum atomic E-state index is 11.9. The van der Waals surface area contributed by atoms with Crippen LogP contribution in [0.5, 0.6) is 11.5 Å². The smallest absolute Gasteiger partial charge is 0.221 e. The summed E-state index contributed by atoms with van der Waals surface area (Å²) in [5.74, 6) is 1.73. The molecule has 1 amide bonds. The first-order valence-corrected chi connectivity index (χ1v) is 12.6. The van der Waals surface area contributed by atoms with Gasteiger partial charge in [-0.1, -0.05) is 19.1 Å². The number of furan rings is 1. The van der Waals surface area contributed by atoms with Gasteiger partial charge in [0.2, 0.25) is 5.91 Å². The van der Waals surface area contributed by atoms with Gasteiger partial charge in [-0.3, -0.25) is 9.78 Å². The highest BCUT2D eigenvalue weighted by Crippen LogP contribution is 2.38. The van der Waals surface area contributed by atoms with Crippen molar-refractivity contribution in [2.45, 2.75) is 46.7 Å². The number of nitrogens with one attached hydrogen (secondary N) is 2. The van der Waals surface area contributed by atoms with Crippen molar-refractivity contribution in [3.8, 4) is 11.5 Å². The van der Waals surface area contributed by atoms with E-state index in [1.807, 2.05) is 50.2 Å². The summed E-state index contributed by atoms with van der Waals surface area (Å²) >= 11 is 0. The van der Waals surface area contributed by atoms with Crippen molar-refractivity contribution in [2.75, 3.05) is 18.5 Å². The first-order valence-electron chi connectivity index (χ1n) is 12.6. The van der Waals surface area contributed by atoms with E-state index < -0.39 is 5.91 Å². The molecule has 0 spiro atoms. The molecule has 0 radical (unpaired) electrons. The average Bonchev–Trinajstić information content (AvgIpc) is 3.40. The van der Waals surface area contributed by atoms with Crippen molar-refractivity contribution in [1.82, 2.24) is 10.3 Å². The quantitative estimate of drug-likeness (QED) is 0.229. The van der Waals surface area contributed by atoms with Gasteiger partial charge in [0.05, 0.1) is 43.6 Å². The molecule has 37 heavy (non-hydrogen) atoms. The van der Waals surface area contributed by atoms with Crippen LogP contribution in [-0.4, -0.2) is 24.1 Å². The fourth-order valence-electron chi connectivity index (χ4n) is 4.45. The summed E-state index contributed by atoms with van der Waals surface area (Å²) in [6.45, 7) is 8.34. The number of nitrogens with zero attached hydrogens (tertiary/aromatic N) is 1. The van der Waals surface area contributed by atoms with E-state index in [-0.39, 0.29) is 6.42 Å². The van der Waals surface area contributed by atoms with Crippen LogP contribution in [0.3, 0.4) is 0 Å². The first kappa shape index (κ1) is 26.0. The standard InChI is InChI=1S/C29H34N4O4/c1-4-22-19(16-31-18-21-10-8-12-37-21)9-7-11-24(22)33-29-20(13-28(30)34)17-32-25-15-27(36-6-3)26(35-5-2)14-23(25)29/h7-12,14-15,17,31H,4-6,13,16,18H2,1-3H3,(H2,30,34)(H,32,33). The molecule has 2 aromatic heterocycles. The molecular formula is C29H34N4O4. The van der Waals surface area contributed by atoms with Crippen molar-refractivity contribution in [1.29, 1.82) is 0 Å². The van der Waals surface area contributed by atoms with E-state index >= 15 is 0 Å². The first-order chi connectivity index (χ1) is 18.0. The number of anilines is 2. The van der Waals surface area contributed by atoms with Crippen LogP contribution in [0.15, 0.2) is 59.3 Å². The molecule has 194 valence electrons. The van der Waals surface area contributed by atoms with Gasteiger partial charge in [-0.25, -0.2) is 0 Å². The van der Waals surface area contributed by atoms with Crippen molar-refractivity contribution < 1.29 is 18.7 Å². The van der Waals surface area contributed by atoms with Gasteiger partial charge < -0.3 is 30.3 Å². The molecule has 4 N–H and O–H groups in total. The van der Waals surface area contributed by atoms with E-state index in [1.165, 1.54) is 11.1 Å². The number of nitrogens with two attached hydrogens (primary N) is 1. The monoisotopic (exact) mass is 502 g/mol. The molecule has 0 unspecified atom stereocenters. The molecule has 0 aliphatic carbocycles. The molecule has 4 rings (SSSR count). The van der Waals surface area contributed by atoms with Gasteiger partial charge >= 0.3 is 0 Å². The number of carbonyl (C=O) groups excluding carboxylic acids is 1. The number of pyridine rings is 1. The number of rotatable bonds is 13. The molecule has 0 atom stereocenters. The summed E-state index contributed by atoms with van der Waals surface area (Å²) in [5, 5.41) is 7.90. The number of amides is 1. The van der Waals surface area contributed by atoms with Gasteiger partial charge in [0.25, 0.3) is 0 Å². The van der Waals surface area contributed by atoms with Gasteiger partial charge in [-0.15, -0.1) is 0 Å². The predicted octanol–water partition coefficient (Wildman–Crippen LogP) is 5.25. The zero-order valence-electron chi connectivity index (χ0n) is 21.6. The molecule has 0 aliphatic rings. The lowest BCUT2D eigenvalue weighted by Gasteiger charge is -2.20. The minimum atomic E-state index is -0.424. The van der Waals surface area contributed by atoms with Crippen molar-refractivity contribution in [3.63, 3.8) is 0 Å². The van der Waals surface area contributed by atoms with Crippen LogP contribution in [0.1, 0.15) is 43.2 Å². The van der Waals surface area contributed by atoms with E-state index in [1.54, 1.807) is 12.5 Å². The van der Waals surface area contributed by atoms with Crippen LogP contribution in [-0.2, 0) is 30.7 Å². The molecule has 0 saturated heterocycles. The van der Waals surface area contributed by atoms with Gasteiger partial charge in [-0.05, 0) is 55.7 Å². The molecule has 0 aliphatic heterocycles. The maximum absolute atomic E-state index is 11.9. The molecule has 0 bridgehead atoms. The van der Waals surface area contributed by atoms with Crippen LogP contribution in [0.25, 0.3) is 10.9 Å². The van der Waals surface area contributed by atoms with Crippen LogP contribution in [0, 0.1) is 0 Å². The van der Waals surface area contributed by atoms with E-state index in [4.69, 9.17) is 19.6 Å². The second kappa shape index (κ2) is 12.3. The Bertz CT molecular complexity index is 1350. The third-order valence-electron chi connectivity index (χ3n) is 6.06. The summed E-state index contributed by atoms with van der Waals surface area (Å²) in [4.78, 5) is 16.5. The van der Waals surface area contributed by atoms with Crippen molar-refractivity contribution in [2.24, 2.45) is 5.73 Å². The van der Waals surface area contributed by atoms with Gasteiger partial charge in [0.15, 0.2) is 11.5 Å². The van der Waals surface area contributed by atoms with E-state index in [0.717, 1.165) is 40.0 Å². The number of carbonyl (C=O) groups is 1. The molecule has 8 nitrogen and oxygen atoms in total. The summed E-state index contributed by atoms with van der Waals surface area (Å²) in [6, 6.07) is 13.8. The van der Waals surface area contributed by atoms with Crippen LogP contribution < -0.4 is 25.8 Å². The number of primary amides is 1. The van der Waals surface area contributed by atoms with Gasteiger partial charge in [0, 0.05) is 35.4 Å². The molecule has 2 aromatic carbocycles. The Morgan fingerprint density at radius 3 is 2.46 bits per heavy atom. The minimum Gasteiger partial charge on any atom is -0.490 e. The number of fused-ring (bicyclic) bond motifs is 1. The number of benzene rings is 2. The normalized spacial score (nSPS) is 11.0. The van der Waals surface area contributed by atoms with E-state index in [2.05, 4.69) is 28.6 Å². The zero-order valence-corrected chi connectivity index (χ0v) is 21.6. The second-order valence-electron chi connectivity index (χ2n) is 8.59. The molecule has 8 heteroatoms. The SMILES string of the molecule is CCOc1cc2ncc(CC(N)=O)c(Nc3cccc(CNCc4ccco4)c3CC)c2cc1OCC. The van der Waals surface area contributed by atoms with E-state index in [0.29, 0.717) is 37.8 Å². The predicted molar refractivity (Wildman–Crippen MR) is 145 cm³/mol. The lowest BCUT2D eigenvalue weighted by Crippen LogP contribution is -2.16. The third kappa shape index (κ3) is 6.21. The Morgan fingerprint density at radius 1 is 1.00 bits per heavy atom. The summed E-state index contributed by atoms with van der Waals surface area (Å²) in [7, 11) is 0. The zero-order chi connectivity index (χ0) is 26.2. The van der Waals surface area contributed by atoms with Crippen molar-refractivity contribution in [3.05, 3.63) is 77.4 Å². The summed E-state index contributed by atoms with van der Waals surface area (Å²) < 4.78 is 17.1. The maximum Gasteiger partial charge on any atom is 0.221 e. The van der Waals surface area contributed by atoms with Gasteiger partial charge in [0.1, 0.15) is 5.76 Å². The highest BCUT2D eigenvalue weighted by atomic mass is 16.5. The highest BCUT2D eigenvalue weighted by Gasteiger charge is 2.17. The minimum absolute atomic E-state index is 0.0638. The fraction of sp³-hybridized carbons (Fsp3) is 0.310. The average molecular weight is 503 g/mol. The largest absolute Gasteiger partial charge is 0.490 e. The number of hydrogen-bond acceptors (Lipinski definition) is 7. The lowest BCUT2D eigenvalue weighted by atomic mass is 10.0. The summed E-state index contributed by atoms with van der Waals surface area (Å²) in [5.41, 5.74) is 11.2. The summed E-state index contributed by atoms with van der Waals surface area (Å²) in [6.07, 6.45) is 4.27. The molecular weight excluding hydrogens is 468 g/mol. The highest BCUT2D eigenvalue weighted by molar-refractivity contribution is 5.98. The number of ether oxygens (including phenoxy) is 2. The number of hydrogen-bond donors (Lipinski definition) is 3. The lowest BCUT2D eigenvalue weighted by molar-refractivity contribution is -0.117. The Labute approximate surface area is 217 Å². The van der Waals surface area contributed by atoms with Crippen LogP contribution in [0.2, 0.25) is 0 Å². The Balaban J connectivity index is 1.74. The topological polar surface area (TPSA) is 112 Å². The Kier molecular flexibility index (Phi) is 8.64. The molecule has 2 heterocycles. The van der Waals surface area contributed by atoms with Crippen LogP contribution >= 0.6 is 0 Å². The van der Waals surface area contributed by atoms with Crippen LogP contribution in [0.4, 0.5) is 11.4 Å². The molecule has 0 fully saturated rings. The van der Waals surface area contributed by atoms with E-state index in [9.17, 15) is 4.79 Å². The second-order valence-corrected chi connectivity index (χ2v) is 8.59. The fourth-order valence-corrected chi connectivity index (χ4v) is 4.45.